The van der Waals surface area contributed by atoms with Crippen molar-refractivity contribution in [2.24, 2.45) is 12.8 Å². The second-order valence-corrected chi connectivity index (χ2v) is 10.8. The maximum absolute atomic E-state index is 8.74. The first-order valence-corrected chi connectivity index (χ1v) is 13.1. The van der Waals surface area contributed by atoms with Crippen LogP contribution < -0.4 is 21.1 Å². The Morgan fingerprint density at radius 1 is 1.15 bits per heavy atom. The number of aromatic nitrogens is 5. The average molecular weight is 566 g/mol. The number of nitrogens with two attached hydrogens (primary N) is 2. The minimum absolute atomic E-state index is 0.133. The quantitative estimate of drug-likeness (QED) is 0.213. The minimum atomic E-state index is -0.453. The topological polar surface area (TPSA) is 145 Å². The van der Waals surface area contributed by atoms with Crippen LogP contribution in [0.15, 0.2) is 48.9 Å². The molecule has 0 spiro atoms. The fraction of sp³-hybridized carbons (Fsp3) is 0.296. The number of nitrogens with one attached hydrogen (secondary N) is 1. The van der Waals surface area contributed by atoms with E-state index in [4.69, 9.17) is 44.8 Å². The van der Waals surface area contributed by atoms with Crippen molar-refractivity contribution in [2.45, 2.75) is 31.9 Å². The number of nitrogen functional groups attached to an aromatic ring is 1. The Balaban J connectivity index is 1.26. The molecule has 10 nitrogen and oxygen atoms in total. The summed E-state index contributed by atoms with van der Waals surface area (Å²) in [5, 5.41) is 22.6. The number of hydrogen-bond donors (Lipinski definition) is 3. The van der Waals surface area contributed by atoms with Gasteiger partial charge in [0.05, 0.1) is 27.0 Å². The first kappa shape index (κ1) is 26.9. The molecule has 0 saturated carbocycles. The summed E-state index contributed by atoms with van der Waals surface area (Å²) in [7, 11) is 1.91. The lowest BCUT2D eigenvalue weighted by atomic mass is 9.84. The number of halogens is 2. The molecule has 0 amide bonds. The second-order valence-electron chi connectivity index (χ2n) is 9.99. The van der Waals surface area contributed by atoms with E-state index in [2.05, 4.69) is 25.2 Å². The first-order valence-electron chi connectivity index (χ1n) is 12.3. The predicted octanol–water partition coefficient (Wildman–Crippen LogP) is 4.12. The minimum Gasteiger partial charge on any atom is -0.486 e. The maximum atomic E-state index is 8.74. The van der Waals surface area contributed by atoms with Crippen molar-refractivity contribution in [3.8, 4) is 5.75 Å². The number of nitrogens with zero attached hydrogens (tertiary/aromatic N) is 6. The molecule has 202 valence electrons. The van der Waals surface area contributed by atoms with Gasteiger partial charge in [-0.25, -0.2) is 0 Å². The van der Waals surface area contributed by atoms with Gasteiger partial charge in [-0.15, -0.1) is 10.2 Å². The molecular formula is C27H29Cl2N9O. The number of aryl methyl sites for hydroxylation is 2. The third kappa shape index (κ3) is 5.54. The van der Waals surface area contributed by atoms with Crippen LogP contribution in [0, 0.1) is 12.3 Å². The summed E-state index contributed by atoms with van der Waals surface area (Å²) >= 11 is 12.6. The highest BCUT2D eigenvalue weighted by atomic mass is 35.5. The Bertz CT molecular complexity index is 1510. The molecule has 4 heterocycles. The van der Waals surface area contributed by atoms with Crippen LogP contribution in [0.3, 0.4) is 0 Å². The van der Waals surface area contributed by atoms with Crippen LogP contribution >= 0.6 is 23.2 Å². The Labute approximate surface area is 236 Å². The molecule has 5 rings (SSSR count). The Morgan fingerprint density at radius 3 is 2.49 bits per heavy atom. The van der Waals surface area contributed by atoms with Crippen LogP contribution in [0.4, 0.5) is 11.5 Å². The summed E-state index contributed by atoms with van der Waals surface area (Å²) < 4.78 is 7.89. The molecule has 3 aromatic heterocycles. The highest BCUT2D eigenvalue weighted by Crippen LogP contribution is 2.33. The summed E-state index contributed by atoms with van der Waals surface area (Å²) in [4.78, 5) is 6.06. The Morgan fingerprint density at radius 2 is 1.87 bits per heavy atom. The Kier molecular flexibility index (Phi) is 7.19. The van der Waals surface area contributed by atoms with Crippen LogP contribution in [0.2, 0.25) is 10.0 Å². The van der Waals surface area contributed by atoms with Crippen LogP contribution in [-0.4, -0.2) is 49.3 Å². The molecular weight excluding hydrogens is 537 g/mol. The third-order valence-corrected chi connectivity index (χ3v) is 7.41. The molecule has 1 atom stereocenters. The summed E-state index contributed by atoms with van der Waals surface area (Å²) in [5.41, 5.74) is 16.7. The van der Waals surface area contributed by atoms with E-state index in [-0.39, 0.29) is 11.3 Å². The zero-order valence-electron chi connectivity index (χ0n) is 21.8. The third-order valence-electron chi connectivity index (χ3n) is 6.80. The lowest BCUT2D eigenvalue weighted by Crippen LogP contribution is -2.69. The van der Waals surface area contributed by atoms with Gasteiger partial charge in [0.15, 0.2) is 5.82 Å². The first-order chi connectivity index (χ1) is 18.5. The van der Waals surface area contributed by atoms with E-state index in [1.165, 1.54) is 12.4 Å². The molecule has 4 aromatic rings. The Hall–Kier alpha value is -3.73. The summed E-state index contributed by atoms with van der Waals surface area (Å²) in [6, 6.07) is 8.73. The van der Waals surface area contributed by atoms with Crippen LogP contribution in [0.1, 0.15) is 41.1 Å². The van der Waals surface area contributed by atoms with Crippen molar-refractivity contribution < 1.29 is 4.74 Å². The zero-order valence-corrected chi connectivity index (χ0v) is 23.3. The van der Waals surface area contributed by atoms with Gasteiger partial charge in [0.25, 0.3) is 0 Å². The fourth-order valence-corrected chi connectivity index (χ4v) is 5.52. The number of pyridine rings is 1. The van der Waals surface area contributed by atoms with Gasteiger partial charge in [-0.1, -0.05) is 23.2 Å². The monoisotopic (exact) mass is 565 g/mol. The van der Waals surface area contributed by atoms with E-state index in [1.54, 1.807) is 24.3 Å². The number of hydrogen-bond acceptors (Lipinski definition) is 9. The molecule has 1 fully saturated rings. The van der Waals surface area contributed by atoms with Gasteiger partial charge >= 0.3 is 0 Å². The summed E-state index contributed by atoms with van der Waals surface area (Å²) in [5.74, 6) is 1.22. The van der Waals surface area contributed by atoms with Crippen LogP contribution in [0.25, 0.3) is 0 Å². The molecule has 1 aromatic carbocycles. The maximum Gasteiger partial charge on any atom is 0.151 e. The fourth-order valence-electron chi connectivity index (χ4n) is 4.85. The zero-order chi connectivity index (χ0) is 27.9. The van der Waals surface area contributed by atoms with E-state index >= 15 is 0 Å². The van der Waals surface area contributed by atoms with Gasteiger partial charge in [-0.3, -0.25) is 15.1 Å². The van der Waals surface area contributed by atoms with Gasteiger partial charge in [-0.2, -0.15) is 5.10 Å². The molecule has 0 radical (unpaired) electrons. The molecule has 5 N–H and O–H groups in total. The average Bonchev–Trinajstić information content (AvgIpc) is 3.19. The van der Waals surface area contributed by atoms with E-state index < -0.39 is 6.10 Å². The highest BCUT2D eigenvalue weighted by Gasteiger charge is 2.41. The molecule has 1 aliphatic heterocycles. The predicted molar refractivity (Wildman–Crippen MR) is 153 cm³/mol. The molecule has 0 bridgehead atoms. The largest absolute Gasteiger partial charge is 0.486 e. The van der Waals surface area contributed by atoms with Crippen molar-refractivity contribution in [1.82, 2.24) is 25.0 Å². The van der Waals surface area contributed by atoms with Gasteiger partial charge in [-0.05, 0) is 56.2 Å². The van der Waals surface area contributed by atoms with Crippen molar-refractivity contribution in [3.05, 3.63) is 87.0 Å². The van der Waals surface area contributed by atoms with Gasteiger partial charge in [0.2, 0.25) is 0 Å². The van der Waals surface area contributed by atoms with E-state index in [0.717, 1.165) is 17.7 Å². The van der Waals surface area contributed by atoms with Gasteiger partial charge in [0, 0.05) is 55.5 Å². The normalized spacial score (nSPS) is 15.1. The van der Waals surface area contributed by atoms with E-state index in [0.29, 0.717) is 57.2 Å². The lowest BCUT2D eigenvalue weighted by molar-refractivity contribution is 0.227. The number of ether oxygens (including phenoxy) is 1. The van der Waals surface area contributed by atoms with Crippen molar-refractivity contribution in [3.63, 3.8) is 0 Å². The highest BCUT2D eigenvalue weighted by molar-refractivity contribution is 6.35. The molecule has 39 heavy (non-hydrogen) atoms. The molecule has 0 aliphatic carbocycles. The lowest BCUT2D eigenvalue weighted by Gasteiger charge is -2.48. The van der Waals surface area contributed by atoms with E-state index in [9.17, 15) is 0 Å². The van der Waals surface area contributed by atoms with Crippen molar-refractivity contribution in [2.75, 3.05) is 23.7 Å². The van der Waals surface area contributed by atoms with Gasteiger partial charge < -0.3 is 21.1 Å². The SMILES string of the molecule is Cc1nn(C)cc1CC1(N)CN(c2ccc(C(=N)c3cc(O[C@H](C)c4c(Cl)cncc4Cl)ccc3N)nn2)C1. The van der Waals surface area contributed by atoms with Crippen molar-refractivity contribution >= 4 is 40.4 Å². The summed E-state index contributed by atoms with van der Waals surface area (Å²) in [6.07, 6.45) is 5.35. The van der Waals surface area contributed by atoms with Crippen LogP contribution in [0.5, 0.6) is 5.75 Å². The summed E-state index contributed by atoms with van der Waals surface area (Å²) in [6.45, 7) is 5.14. The van der Waals surface area contributed by atoms with Crippen LogP contribution in [-0.2, 0) is 13.5 Å². The van der Waals surface area contributed by atoms with Gasteiger partial charge in [0.1, 0.15) is 17.5 Å². The number of benzene rings is 1. The second kappa shape index (κ2) is 10.4. The number of anilines is 2. The molecule has 12 heteroatoms. The molecule has 1 aliphatic rings. The standard InChI is InChI=1S/C27H29Cl2N9O/c1-15-17(12-37(3)36-15)9-27(32)13-38(14-27)24-7-6-23(34-35-24)26(31)19-8-18(4-5-22(19)30)39-16(2)25-20(28)10-33-11-21(25)29/h4-8,10-12,16,31H,9,13-14,30,32H2,1-3H3/t16-/m1/s1. The molecule has 0 unspecified atom stereocenters. The number of rotatable bonds is 8. The smallest absolute Gasteiger partial charge is 0.151 e. The van der Waals surface area contributed by atoms with Crippen molar-refractivity contribution in [1.29, 1.82) is 5.41 Å². The van der Waals surface area contributed by atoms with E-state index in [1.807, 2.05) is 37.8 Å². The molecule has 1 saturated heterocycles.